The number of aromatic nitrogens is 2. The molecule has 0 fully saturated rings. The molecule has 0 bridgehead atoms. The SMILES string of the molecule is C=CCNS(=O)(=O)Cc1ccc(NC(=O)c2cnn(Cc3ccccc3Cl)c2)cc1. The molecule has 1 heterocycles. The lowest BCUT2D eigenvalue weighted by atomic mass is 10.2. The largest absolute Gasteiger partial charge is 0.322 e. The van der Waals surface area contributed by atoms with Gasteiger partial charge in [-0.1, -0.05) is 48.0 Å². The summed E-state index contributed by atoms with van der Waals surface area (Å²) < 4.78 is 27.9. The Morgan fingerprint density at radius 1 is 1.17 bits per heavy atom. The molecule has 0 aliphatic carbocycles. The van der Waals surface area contributed by atoms with E-state index in [4.69, 9.17) is 11.6 Å². The molecular weight excluding hydrogens is 424 g/mol. The fraction of sp³-hybridized carbons (Fsp3) is 0.143. The first-order chi connectivity index (χ1) is 14.4. The maximum atomic E-state index is 12.5. The molecule has 0 saturated heterocycles. The molecular formula is C21H21ClN4O3S. The highest BCUT2D eigenvalue weighted by Crippen LogP contribution is 2.17. The third kappa shape index (κ3) is 6.03. The number of amides is 1. The second-order valence-corrected chi connectivity index (χ2v) is 8.78. The van der Waals surface area contributed by atoms with Gasteiger partial charge in [0.2, 0.25) is 10.0 Å². The Kier molecular flexibility index (Phi) is 7.04. The zero-order valence-corrected chi connectivity index (χ0v) is 17.7. The van der Waals surface area contributed by atoms with E-state index in [9.17, 15) is 13.2 Å². The zero-order chi connectivity index (χ0) is 21.6. The van der Waals surface area contributed by atoms with Crippen LogP contribution in [0.5, 0.6) is 0 Å². The monoisotopic (exact) mass is 444 g/mol. The van der Waals surface area contributed by atoms with Crippen LogP contribution in [-0.4, -0.2) is 30.7 Å². The van der Waals surface area contributed by atoms with Gasteiger partial charge in [0, 0.05) is 23.5 Å². The number of hydrogen-bond donors (Lipinski definition) is 2. The fourth-order valence-corrected chi connectivity index (χ4v) is 4.01. The van der Waals surface area contributed by atoms with Crippen LogP contribution in [-0.2, 0) is 22.3 Å². The van der Waals surface area contributed by atoms with Crippen LogP contribution in [0.2, 0.25) is 5.02 Å². The number of nitrogens with zero attached hydrogens (tertiary/aromatic N) is 2. The summed E-state index contributed by atoms with van der Waals surface area (Å²) in [6.07, 6.45) is 4.61. The molecule has 0 atom stereocenters. The summed E-state index contributed by atoms with van der Waals surface area (Å²) in [5.74, 6) is -0.461. The topological polar surface area (TPSA) is 93.1 Å². The van der Waals surface area contributed by atoms with Gasteiger partial charge in [0.25, 0.3) is 5.91 Å². The minimum absolute atomic E-state index is 0.149. The van der Waals surface area contributed by atoms with E-state index in [2.05, 4.69) is 21.7 Å². The molecule has 1 amide bonds. The summed E-state index contributed by atoms with van der Waals surface area (Å²) in [5, 5.41) is 7.62. The summed E-state index contributed by atoms with van der Waals surface area (Å²) in [5.41, 5.74) is 2.47. The molecule has 0 aliphatic rings. The van der Waals surface area contributed by atoms with Gasteiger partial charge in [-0.15, -0.1) is 6.58 Å². The van der Waals surface area contributed by atoms with Crippen molar-refractivity contribution in [2.75, 3.05) is 11.9 Å². The number of carbonyl (C=O) groups is 1. The van der Waals surface area contributed by atoms with Crippen LogP contribution >= 0.6 is 11.6 Å². The zero-order valence-electron chi connectivity index (χ0n) is 16.1. The molecule has 0 spiro atoms. The first-order valence-electron chi connectivity index (χ1n) is 9.11. The maximum Gasteiger partial charge on any atom is 0.258 e. The normalized spacial score (nSPS) is 11.2. The van der Waals surface area contributed by atoms with E-state index in [1.54, 1.807) is 41.2 Å². The van der Waals surface area contributed by atoms with Crippen LogP contribution in [0.25, 0.3) is 0 Å². The Morgan fingerprint density at radius 2 is 1.90 bits per heavy atom. The Hall–Kier alpha value is -2.94. The second-order valence-electron chi connectivity index (χ2n) is 6.57. The molecule has 30 heavy (non-hydrogen) atoms. The number of sulfonamides is 1. The van der Waals surface area contributed by atoms with E-state index in [0.717, 1.165) is 5.56 Å². The van der Waals surface area contributed by atoms with E-state index in [1.807, 2.05) is 18.2 Å². The first kappa shape index (κ1) is 21.8. The van der Waals surface area contributed by atoms with Gasteiger partial charge in [-0.2, -0.15) is 5.10 Å². The van der Waals surface area contributed by atoms with Crippen molar-refractivity contribution in [3.05, 3.63) is 95.3 Å². The molecule has 2 aromatic carbocycles. The van der Waals surface area contributed by atoms with Crippen LogP contribution in [0.4, 0.5) is 5.69 Å². The molecule has 0 saturated carbocycles. The van der Waals surface area contributed by atoms with Gasteiger partial charge in [0.1, 0.15) is 0 Å². The highest BCUT2D eigenvalue weighted by molar-refractivity contribution is 7.88. The summed E-state index contributed by atoms with van der Waals surface area (Å²) in [6.45, 7) is 4.12. The van der Waals surface area contributed by atoms with E-state index in [0.29, 0.717) is 28.4 Å². The summed E-state index contributed by atoms with van der Waals surface area (Å²) in [7, 11) is -3.43. The number of hydrogen-bond acceptors (Lipinski definition) is 4. The van der Waals surface area contributed by atoms with Crippen LogP contribution in [0.1, 0.15) is 21.5 Å². The van der Waals surface area contributed by atoms with Gasteiger partial charge in [0.05, 0.1) is 24.1 Å². The number of benzene rings is 2. The second kappa shape index (κ2) is 9.71. The first-order valence-corrected chi connectivity index (χ1v) is 11.1. The molecule has 3 aromatic rings. The van der Waals surface area contributed by atoms with Crippen molar-refractivity contribution < 1.29 is 13.2 Å². The fourth-order valence-electron chi connectivity index (χ4n) is 2.71. The average molecular weight is 445 g/mol. The van der Waals surface area contributed by atoms with E-state index in [-0.39, 0.29) is 18.2 Å². The predicted molar refractivity (Wildman–Crippen MR) is 118 cm³/mol. The molecule has 3 rings (SSSR count). The smallest absolute Gasteiger partial charge is 0.258 e. The number of rotatable bonds is 9. The quantitative estimate of drug-likeness (QED) is 0.494. The molecule has 1 aromatic heterocycles. The third-order valence-corrected chi connectivity index (χ3v) is 5.89. The molecule has 0 aliphatic heterocycles. The van der Waals surface area contributed by atoms with E-state index in [1.165, 1.54) is 12.3 Å². The van der Waals surface area contributed by atoms with Crippen molar-refractivity contribution in [1.29, 1.82) is 0 Å². The Labute approximate surface area is 180 Å². The Balaban J connectivity index is 1.60. The van der Waals surface area contributed by atoms with Crippen LogP contribution < -0.4 is 10.0 Å². The summed E-state index contributed by atoms with van der Waals surface area (Å²) in [4.78, 5) is 12.5. The minimum Gasteiger partial charge on any atom is -0.322 e. The van der Waals surface area contributed by atoms with Crippen LogP contribution in [0.3, 0.4) is 0 Å². The highest BCUT2D eigenvalue weighted by Gasteiger charge is 2.12. The van der Waals surface area contributed by atoms with Gasteiger partial charge in [-0.3, -0.25) is 9.48 Å². The third-order valence-electron chi connectivity index (χ3n) is 4.20. The van der Waals surface area contributed by atoms with Crippen molar-refractivity contribution in [2.45, 2.75) is 12.3 Å². The van der Waals surface area contributed by atoms with E-state index < -0.39 is 10.0 Å². The maximum absolute atomic E-state index is 12.5. The lowest BCUT2D eigenvalue weighted by Crippen LogP contribution is -2.25. The molecule has 0 unspecified atom stereocenters. The molecule has 2 N–H and O–H groups in total. The summed E-state index contributed by atoms with van der Waals surface area (Å²) >= 11 is 6.16. The standard InChI is InChI=1S/C21H21ClN4O3S/c1-2-11-24-30(28,29)15-16-7-9-19(10-8-16)25-21(27)18-12-23-26(14-18)13-17-5-3-4-6-20(17)22/h2-10,12,14,24H,1,11,13,15H2,(H,25,27). The van der Waals surface area contributed by atoms with Gasteiger partial charge >= 0.3 is 0 Å². The van der Waals surface area contributed by atoms with E-state index >= 15 is 0 Å². The molecule has 0 radical (unpaired) electrons. The highest BCUT2D eigenvalue weighted by atomic mass is 35.5. The predicted octanol–water partition coefficient (Wildman–Crippen LogP) is 3.44. The Bertz CT molecular complexity index is 1140. The average Bonchev–Trinajstić information content (AvgIpc) is 3.18. The lowest BCUT2D eigenvalue weighted by Gasteiger charge is -2.07. The minimum atomic E-state index is -3.43. The van der Waals surface area contributed by atoms with Gasteiger partial charge in [-0.05, 0) is 29.3 Å². The summed E-state index contributed by atoms with van der Waals surface area (Å²) in [6, 6.07) is 14.1. The van der Waals surface area contributed by atoms with Crippen molar-refractivity contribution in [1.82, 2.24) is 14.5 Å². The van der Waals surface area contributed by atoms with Crippen molar-refractivity contribution >= 4 is 33.2 Å². The molecule has 156 valence electrons. The number of halogens is 1. The van der Waals surface area contributed by atoms with Gasteiger partial charge < -0.3 is 5.32 Å². The van der Waals surface area contributed by atoms with Gasteiger partial charge in [0.15, 0.2) is 0 Å². The lowest BCUT2D eigenvalue weighted by molar-refractivity contribution is 0.102. The number of anilines is 1. The molecule has 9 heteroatoms. The Morgan fingerprint density at radius 3 is 2.60 bits per heavy atom. The van der Waals surface area contributed by atoms with Crippen molar-refractivity contribution in [3.63, 3.8) is 0 Å². The number of nitrogens with one attached hydrogen (secondary N) is 2. The van der Waals surface area contributed by atoms with Crippen LogP contribution in [0.15, 0.2) is 73.6 Å². The van der Waals surface area contributed by atoms with Gasteiger partial charge in [-0.25, -0.2) is 13.1 Å². The van der Waals surface area contributed by atoms with Crippen molar-refractivity contribution in [3.8, 4) is 0 Å². The molecule has 7 nitrogen and oxygen atoms in total. The van der Waals surface area contributed by atoms with Crippen LogP contribution in [0, 0.1) is 0 Å². The number of carbonyl (C=O) groups excluding carboxylic acids is 1. The van der Waals surface area contributed by atoms with Crippen molar-refractivity contribution in [2.24, 2.45) is 0 Å².